The van der Waals surface area contributed by atoms with Gasteiger partial charge in [0.1, 0.15) is 0 Å². The smallest absolute Gasteiger partial charge is 0.341 e. The first-order valence-corrected chi connectivity index (χ1v) is 5.97. The zero-order valence-corrected chi connectivity index (χ0v) is 12.1. The molecular weight excluding hydrogens is 252 g/mol. The zero-order chi connectivity index (χ0) is 14.7. The minimum absolute atomic E-state index is 0.00498. The number of carbonyl (C=O) groups excluding carboxylic acids is 1. The molecule has 0 aliphatic carbocycles. The van der Waals surface area contributed by atoms with E-state index >= 15 is 0 Å². The average molecular weight is 274 g/mol. The Kier molecular flexibility index (Phi) is 4.73. The Morgan fingerprint density at radius 1 is 1.26 bits per heavy atom. The van der Waals surface area contributed by atoms with Crippen molar-refractivity contribution in [3.8, 4) is 0 Å². The molecule has 3 atom stereocenters. The van der Waals surface area contributed by atoms with Crippen molar-refractivity contribution in [2.45, 2.75) is 37.4 Å². The lowest BCUT2D eigenvalue weighted by molar-refractivity contribution is -0.445. The van der Waals surface area contributed by atoms with Gasteiger partial charge in [0.25, 0.3) is 0 Å². The molecule has 0 N–H and O–H groups in total. The fraction of sp³-hybridized carbons (Fsp3) is 0.769. The van der Waals surface area contributed by atoms with Gasteiger partial charge in [0, 0.05) is 20.6 Å². The minimum Gasteiger partial charge on any atom is -0.467 e. The summed E-state index contributed by atoms with van der Waals surface area (Å²) in [5, 5.41) is 0. The molecule has 0 aromatic rings. The van der Waals surface area contributed by atoms with E-state index in [1.54, 1.807) is 19.9 Å². The van der Waals surface area contributed by atoms with E-state index in [1.165, 1.54) is 21.3 Å². The third-order valence-electron chi connectivity index (χ3n) is 3.61. The van der Waals surface area contributed by atoms with Gasteiger partial charge in [0.2, 0.25) is 11.6 Å². The Labute approximate surface area is 113 Å². The lowest BCUT2D eigenvalue weighted by atomic mass is 9.95. The van der Waals surface area contributed by atoms with Gasteiger partial charge in [-0.25, -0.2) is 4.79 Å². The minimum atomic E-state index is -1.28. The highest BCUT2D eigenvalue weighted by Crippen LogP contribution is 2.42. The fourth-order valence-corrected chi connectivity index (χ4v) is 2.06. The van der Waals surface area contributed by atoms with Crippen LogP contribution in [0.25, 0.3) is 0 Å². The lowest BCUT2D eigenvalue weighted by Gasteiger charge is -2.52. The topological polar surface area (TPSA) is 63.2 Å². The molecule has 1 fully saturated rings. The van der Waals surface area contributed by atoms with Crippen LogP contribution in [0.15, 0.2) is 12.7 Å². The molecule has 0 amide bonds. The highest BCUT2D eigenvalue weighted by atomic mass is 16.8. The predicted octanol–water partition coefficient (Wildman–Crippen LogP) is 1.25. The van der Waals surface area contributed by atoms with Gasteiger partial charge in [-0.15, -0.1) is 6.58 Å². The van der Waals surface area contributed by atoms with Crippen LogP contribution >= 0.6 is 0 Å². The Morgan fingerprint density at radius 3 is 2.26 bits per heavy atom. The van der Waals surface area contributed by atoms with Crippen molar-refractivity contribution in [2.75, 3.05) is 27.9 Å². The molecule has 0 aromatic carbocycles. The standard InChI is InChI=1S/C13H22O6/c1-7-8-13(10(14)15-4)9-18-11(2,16-5)12(3,17-6)19-13/h7H,1,8-9H2,2-6H3/t11-,12-,13+/m1/s1. The van der Waals surface area contributed by atoms with Crippen molar-refractivity contribution in [1.29, 1.82) is 0 Å². The molecule has 6 heteroatoms. The third-order valence-corrected chi connectivity index (χ3v) is 3.61. The van der Waals surface area contributed by atoms with E-state index in [0.717, 1.165) is 0 Å². The first kappa shape index (κ1) is 16.1. The summed E-state index contributed by atoms with van der Waals surface area (Å²) >= 11 is 0. The highest BCUT2D eigenvalue weighted by Gasteiger charge is 2.60. The second-order valence-electron chi connectivity index (χ2n) is 4.67. The first-order valence-electron chi connectivity index (χ1n) is 5.97. The molecule has 1 saturated heterocycles. The monoisotopic (exact) mass is 274 g/mol. The molecule has 1 aliphatic heterocycles. The summed E-state index contributed by atoms with van der Waals surface area (Å²) in [7, 11) is 4.24. The molecule has 6 nitrogen and oxygen atoms in total. The van der Waals surface area contributed by atoms with Crippen LogP contribution in [-0.2, 0) is 28.5 Å². The van der Waals surface area contributed by atoms with Crippen LogP contribution in [0.2, 0.25) is 0 Å². The number of ether oxygens (including phenoxy) is 5. The number of carbonyl (C=O) groups is 1. The van der Waals surface area contributed by atoms with Gasteiger partial charge in [-0.2, -0.15) is 0 Å². The fourth-order valence-electron chi connectivity index (χ4n) is 2.06. The number of hydrogen-bond donors (Lipinski definition) is 0. The number of methoxy groups -OCH3 is 3. The summed E-state index contributed by atoms with van der Waals surface area (Å²) in [6, 6.07) is 0. The van der Waals surface area contributed by atoms with Crippen molar-refractivity contribution in [3.05, 3.63) is 12.7 Å². The largest absolute Gasteiger partial charge is 0.467 e. The summed E-state index contributed by atoms with van der Waals surface area (Å²) in [5.74, 6) is -2.91. The van der Waals surface area contributed by atoms with Gasteiger partial charge in [-0.1, -0.05) is 6.08 Å². The Balaban J connectivity index is 3.15. The molecule has 0 spiro atoms. The van der Waals surface area contributed by atoms with Crippen LogP contribution in [0.4, 0.5) is 0 Å². The number of esters is 1. The molecule has 1 heterocycles. The van der Waals surface area contributed by atoms with E-state index in [1.807, 2.05) is 0 Å². The second kappa shape index (κ2) is 5.58. The van der Waals surface area contributed by atoms with Crippen molar-refractivity contribution < 1.29 is 28.5 Å². The average Bonchev–Trinajstić information content (AvgIpc) is 2.42. The highest BCUT2D eigenvalue weighted by molar-refractivity contribution is 5.80. The maximum Gasteiger partial charge on any atom is 0.341 e. The zero-order valence-electron chi connectivity index (χ0n) is 12.1. The van der Waals surface area contributed by atoms with Crippen molar-refractivity contribution in [1.82, 2.24) is 0 Å². The van der Waals surface area contributed by atoms with Crippen LogP contribution in [0.1, 0.15) is 20.3 Å². The second-order valence-corrected chi connectivity index (χ2v) is 4.67. The van der Waals surface area contributed by atoms with Gasteiger partial charge in [-0.3, -0.25) is 0 Å². The molecule has 0 aromatic heterocycles. The van der Waals surface area contributed by atoms with Gasteiger partial charge in [0.15, 0.2) is 5.60 Å². The molecule has 0 radical (unpaired) electrons. The maximum absolute atomic E-state index is 12.0. The Hall–Kier alpha value is -0.950. The molecule has 0 saturated carbocycles. The van der Waals surface area contributed by atoms with Crippen LogP contribution in [0.5, 0.6) is 0 Å². The van der Waals surface area contributed by atoms with Crippen LogP contribution < -0.4 is 0 Å². The number of rotatable bonds is 5. The van der Waals surface area contributed by atoms with Crippen LogP contribution in [0.3, 0.4) is 0 Å². The quantitative estimate of drug-likeness (QED) is 0.555. The Bertz CT molecular complexity index is 357. The van der Waals surface area contributed by atoms with E-state index < -0.39 is 23.1 Å². The van der Waals surface area contributed by atoms with E-state index in [2.05, 4.69) is 6.58 Å². The van der Waals surface area contributed by atoms with E-state index in [-0.39, 0.29) is 13.0 Å². The van der Waals surface area contributed by atoms with Crippen molar-refractivity contribution >= 4 is 5.97 Å². The first-order chi connectivity index (χ1) is 8.83. The summed E-state index contributed by atoms with van der Waals surface area (Å²) in [6.45, 7) is 6.96. The van der Waals surface area contributed by atoms with Crippen LogP contribution in [-0.4, -0.2) is 51.1 Å². The summed E-state index contributed by atoms with van der Waals surface area (Å²) in [5.41, 5.74) is -1.28. The van der Waals surface area contributed by atoms with E-state index in [4.69, 9.17) is 23.7 Å². The van der Waals surface area contributed by atoms with Crippen molar-refractivity contribution in [3.63, 3.8) is 0 Å². The summed E-state index contributed by atoms with van der Waals surface area (Å²) in [6.07, 6.45) is 1.82. The van der Waals surface area contributed by atoms with E-state index in [0.29, 0.717) is 0 Å². The predicted molar refractivity (Wildman–Crippen MR) is 67.4 cm³/mol. The molecule has 0 bridgehead atoms. The Morgan fingerprint density at radius 2 is 1.84 bits per heavy atom. The van der Waals surface area contributed by atoms with Gasteiger partial charge >= 0.3 is 5.97 Å². The van der Waals surface area contributed by atoms with Gasteiger partial charge in [0.05, 0.1) is 13.7 Å². The van der Waals surface area contributed by atoms with Crippen LogP contribution in [0, 0.1) is 0 Å². The SMILES string of the molecule is C=CC[C@@]1(C(=O)OC)CO[C@@](C)(OC)[C@](C)(OC)O1. The molecule has 19 heavy (non-hydrogen) atoms. The molecule has 0 unspecified atom stereocenters. The lowest BCUT2D eigenvalue weighted by Crippen LogP contribution is -2.68. The number of hydrogen-bond acceptors (Lipinski definition) is 6. The normalized spacial score (nSPS) is 38.8. The molecule has 1 rings (SSSR count). The van der Waals surface area contributed by atoms with Gasteiger partial charge in [-0.05, 0) is 13.8 Å². The van der Waals surface area contributed by atoms with E-state index in [9.17, 15) is 4.79 Å². The molecule has 110 valence electrons. The third kappa shape index (κ3) is 2.53. The maximum atomic E-state index is 12.0. The summed E-state index contributed by atoms with van der Waals surface area (Å²) in [4.78, 5) is 12.0. The molecule has 1 aliphatic rings. The van der Waals surface area contributed by atoms with Gasteiger partial charge < -0.3 is 23.7 Å². The van der Waals surface area contributed by atoms with Crippen molar-refractivity contribution in [2.24, 2.45) is 0 Å². The molecular formula is C13H22O6. The summed E-state index contributed by atoms with van der Waals surface area (Å²) < 4.78 is 27.1.